The van der Waals surface area contributed by atoms with Crippen molar-refractivity contribution in [1.29, 1.82) is 0 Å². The van der Waals surface area contributed by atoms with E-state index in [0.29, 0.717) is 17.1 Å². The van der Waals surface area contributed by atoms with Crippen molar-refractivity contribution in [1.82, 2.24) is 0 Å². The molecule has 0 aliphatic carbocycles. The predicted octanol–water partition coefficient (Wildman–Crippen LogP) is 5.28. The molecule has 0 bridgehead atoms. The van der Waals surface area contributed by atoms with Crippen molar-refractivity contribution >= 4 is 29.2 Å². The number of carboxylic acids is 1. The first-order valence-corrected chi connectivity index (χ1v) is 8.88. The zero-order chi connectivity index (χ0) is 19.2. The molecule has 0 saturated carbocycles. The maximum atomic E-state index is 12.2. The summed E-state index contributed by atoms with van der Waals surface area (Å²) in [6, 6.07) is 22.0. The predicted molar refractivity (Wildman–Crippen MR) is 107 cm³/mol. The number of para-hydroxylation sites is 1. The van der Waals surface area contributed by atoms with Crippen molar-refractivity contribution in [2.45, 2.75) is 12.8 Å². The van der Waals surface area contributed by atoms with Gasteiger partial charge in [-0.1, -0.05) is 60.1 Å². The second-order valence-electron chi connectivity index (χ2n) is 6.10. The van der Waals surface area contributed by atoms with Gasteiger partial charge in [0.2, 0.25) is 5.91 Å². The van der Waals surface area contributed by atoms with E-state index in [0.717, 1.165) is 16.7 Å². The molecule has 27 heavy (non-hydrogen) atoms. The molecule has 0 aliphatic heterocycles. The van der Waals surface area contributed by atoms with Crippen LogP contribution in [0.15, 0.2) is 72.8 Å². The number of amides is 1. The molecule has 0 aromatic heterocycles. The van der Waals surface area contributed by atoms with Gasteiger partial charge in [0.25, 0.3) is 0 Å². The lowest BCUT2D eigenvalue weighted by Gasteiger charge is -2.09. The van der Waals surface area contributed by atoms with E-state index in [1.54, 1.807) is 18.2 Å². The maximum Gasteiger partial charge on any atom is 0.337 e. The zero-order valence-corrected chi connectivity index (χ0v) is 15.2. The summed E-state index contributed by atoms with van der Waals surface area (Å²) in [6.45, 7) is 0. The fourth-order valence-corrected chi connectivity index (χ4v) is 2.88. The van der Waals surface area contributed by atoms with E-state index in [1.807, 2.05) is 48.5 Å². The van der Waals surface area contributed by atoms with Gasteiger partial charge in [0, 0.05) is 11.4 Å². The molecule has 1 amide bonds. The highest BCUT2D eigenvalue weighted by Crippen LogP contribution is 2.22. The van der Waals surface area contributed by atoms with Crippen LogP contribution < -0.4 is 5.32 Å². The number of hydrogen-bond donors (Lipinski definition) is 2. The van der Waals surface area contributed by atoms with Crippen LogP contribution in [0, 0.1) is 0 Å². The highest BCUT2D eigenvalue weighted by Gasteiger charge is 2.11. The second-order valence-corrected chi connectivity index (χ2v) is 6.54. The normalized spacial score (nSPS) is 10.4. The summed E-state index contributed by atoms with van der Waals surface area (Å²) in [4.78, 5) is 23.4. The van der Waals surface area contributed by atoms with Gasteiger partial charge in [-0.3, -0.25) is 4.79 Å². The number of aromatic carboxylic acids is 1. The van der Waals surface area contributed by atoms with Gasteiger partial charge in [-0.15, -0.1) is 0 Å². The van der Waals surface area contributed by atoms with E-state index in [2.05, 4.69) is 5.32 Å². The van der Waals surface area contributed by atoms with Crippen LogP contribution in [0.2, 0.25) is 5.02 Å². The van der Waals surface area contributed by atoms with Crippen molar-refractivity contribution in [2.75, 3.05) is 5.32 Å². The zero-order valence-electron chi connectivity index (χ0n) is 14.5. The first-order chi connectivity index (χ1) is 13.0. The number of halogens is 1. The summed E-state index contributed by atoms with van der Waals surface area (Å²) in [5.74, 6) is -1.28. The lowest BCUT2D eigenvalue weighted by Crippen LogP contribution is -2.15. The average Bonchev–Trinajstić information content (AvgIpc) is 2.68. The first-order valence-electron chi connectivity index (χ1n) is 8.50. The Morgan fingerprint density at radius 1 is 0.852 bits per heavy atom. The molecule has 0 aliphatic rings. The Morgan fingerprint density at radius 2 is 1.44 bits per heavy atom. The fraction of sp³-hybridized carbons (Fsp3) is 0.0909. The summed E-state index contributed by atoms with van der Waals surface area (Å²) in [6.07, 6.45) is 0.843. The van der Waals surface area contributed by atoms with E-state index < -0.39 is 5.97 Å². The van der Waals surface area contributed by atoms with Gasteiger partial charge in [0.1, 0.15) is 0 Å². The van der Waals surface area contributed by atoms with Gasteiger partial charge in [-0.25, -0.2) is 4.79 Å². The maximum absolute atomic E-state index is 12.2. The lowest BCUT2D eigenvalue weighted by atomic mass is 10.0. The van der Waals surface area contributed by atoms with Crippen molar-refractivity contribution in [3.63, 3.8) is 0 Å². The number of carboxylic acid groups (broad SMARTS) is 1. The molecule has 4 nitrogen and oxygen atoms in total. The number of hydrogen-bond acceptors (Lipinski definition) is 2. The molecule has 2 N–H and O–H groups in total. The number of carbonyl (C=O) groups excluding carboxylic acids is 1. The van der Waals surface area contributed by atoms with Gasteiger partial charge in [0.05, 0.1) is 11.3 Å². The van der Waals surface area contributed by atoms with Crippen LogP contribution in [-0.4, -0.2) is 17.0 Å². The summed E-state index contributed by atoms with van der Waals surface area (Å²) in [7, 11) is 0. The van der Waals surface area contributed by atoms with E-state index in [-0.39, 0.29) is 17.9 Å². The molecule has 0 radical (unpaired) electrons. The van der Waals surface area contributed by atoms with Gasteiger partial charge in [0.15, 0.2) is 0 Å². The van der Waals surface area contributed by atoms with Crippen LogP contribution in [0.5, 0.6) is 0 Å². The van der Waals surface area contributed by atoms with Crippen molar-refractivity contribution in [2.24, 2.45) is 0 Å². The number of carbonyl (C=O) groups is 2. The molecular formula is C22H18ClNO3. The van der Waals surface area contributed by atoms with Crippen LogP contribution >= 0.6 is 11.6 Å². The van der Waals surface area contributed by atoms with Crippen LogP contribution in [0.4, 0.5) is 5.69 Å². The number of aryl methyl sites for hydroxylation is 1. The Kier molecular flexibility index (Phi) is 5.89. The highest BCUT2D eigenvalue weighted by atomic mass is 35.5. The fourth-order valence-electron chi connectivity index (χ4n) is 2.76. The largest absolute Gasteiger partial charge is 0.478 e. The molecule has 136 valence electrons. The third-order valence-electron chi connectivity index (χ3n) is 4.20. The summed E-state index contributed by atoms with van der Waals surface area (Å²) >= 11 is 5.91. The summed E-state index contributed by atoms with van der Waals surface area (Å²) < 4.78 is 0. The first kappa shape index (κ1) is 18.7. The molecular weight excluding hydrogens is 362 g/mol. The summed E-state index contributed by atoms with van der Waals surface area (Å²) in [5.41, 5.74) is 3.59. The molecule has 0 fully saturated rings. The number of anilines is 1. The standard InChI is InChI=1S/C22H18ClNO3/c23-18-12-10-17(11-13-18)16-8-5-15(6-9-16)7-14-21(25)24-20-4-2-1-3-19(20)22(26)27/h1-6,8-13H,7,14H2,(H,24,25)(H,26,27). The molecule has 0 spiro atoms. The lowest BCUT2D eigenvalue weighted by molar-refractivity contribution is -0.116. The molecule has 3 aromatic carbocycles. The second kappa shape index (κ2) is 8.52. The monoisotopic (exact) mass is 379 g/mol. The smallest absolute Gasteiger partial charge is 0.337 e. The van der Waals surface area contributed by atoms with Crippen molar-refractivity contribution in [3.05, 3.63) is 88.9 Å². The van der Waals surface area contributed by atoms with E-state index in [4.69, 9.17) is 16.7 Å². The van der Waals surface area contributed by atoms with Crippen LogP contribution in [0.25, 0.3) is 11.1 Å². The molecule has 0 atom stereocenters. The van der Waals surface area contributed by atoms with Gasteiger partial charge in [-0.05, 0) is 47.4 Å². The van der Waals surface area contributed by atoms with Crippen LogP contribution in [-0.2, 0) is 11.2 Å². The molecule has 5 heteroatoms. The van der Waals surface area contributed by atoms with Gasteiger partial charge >= 0.3 is 5.97 Å². The van der Waals surface area contributed by atoms with Crippen molar-refractivity contribution in [3.8, 4) is 11.1 Å². The van der Waals surface area contributed by atoms with E-state index in [9.17, 15) is 9.59 Å². The molecule has 0 unspecified atom stereocenters. The Hall–Kier alpha value is -3.11. The van der Waals surface area contributed by atoms with E-state index in [1.165, 1.54) is 6.07 Å². The third-order valence-corrected chi connectivity index (χ3v) is 4.46. The Labute approximate surface area is 162 Å². The van der Waals surface area contributed by atoms with Crippen molar-refractivity contribution < 1.29 is 14.7 Å². The van der Waals surface area contributed by atoms with Gasteiger partial charge < -0.3 is 10.4 Å². The van der Waals surface area contributed by atoms with Crippen LogP contribution in [0.1, 0.15) is 22.3 Å². The molecule has 3 aromatic rings. The third kappa shape index (κ3) is 4.96. The topological polar surface area (TPSA) is 66.4 Å². The number of rotatable bonds is 6. The Bertz CT molecular complexity index is 950. The number of nitrogens with one attached hydrogen (secondary N) is 1. The quantitative estimate of drug-likeness (QED) is 0.612. The minimum absolute atomic E-state index is 0.0816. The molecule has 0 heterocycles. The minimum Gasteiger partial charge on any atom is -0.478 e. The molecule has 3 rings (SSSR count). The summed E-state index contributed by atoms with van der Waals surface area (Å²) in [5, 5.41) is 12.5. The Balaban J connectivity index is 1.59. The van der Waals surface area contributed by atoms with Gasteiger partial charge in [-0.2, -0.15) is 0 Å². The average molecular weight is 380 g/mol. The van der Waals surface area contributed by atoms with Crippen LogP contribution in [0.3, 0.4) is 0 Å². The number of benzene rings is 3. The SMILES string of the molecule is O=C(CCc1ccc(-c2ccc(Cl)cc2)cc1)Nc1ccccc1C(=O)O. The Morgan fingerprint density at radius 3 is 2.07 bits per heavy atom. The van der Waals surface area contributed by atoms with E-state index >= 15 is 0 Å². The highest BCUT2D eigenvalue weighted by molar-refractivity contribution is 6.30. The molecule has 0 saturated heterocycles. The minimum atomic E-state index is -1.07.